The number of carbonyl (C=O) groups is 3. The van der Waals surface area contributed by atoms with E-state index < -0.39 is 23.9 Å². The van der Waals surface area contributed by atoms with Crippen molar-refractivity contribution in [3.05, 3.63) is 0 Å². The van der Waals surface area contributed by atoms with Gasteiger partial charge in [-0.1, -0.05) is 32.6 Å². The van der Waals surface area contributed by atoms with Gasteiger partial charge in [0.1, 0.15) is 6.04 Å². The Bertz CT molecular complexity index is 313. The predicted octanol–water partition coefficient (Wildman–Crippen LogP) is 0.312. The summed E-state index contributed by atoms with van der Waals surface area (Å²) in [6.07, 6.45) is 5.04. The van der Waals surface area contributed by atoms with Gasteiger partial charge < -0.3 is 15.6 Å². The second kappa shape index (κ2) is 18.2. The average molecular weight is 354 g/mol. The van der Waals surface area contributed by atoms with Crippen molar-refractivity contribution < 1.29 is 24.2 Å². The van der Waals surface area contributed by atoms with Crippen molar-refractivity contribution in [1.29, 1.82) is 0 Å². The summed E-state index contributed by atoms with van der Waals surface area (Å²) in [6, 6.07) is -1.10. The monoisotopic (exact) mass is 353 g/mol. The van der Waals surface area contributed by atoms with E-state index in [9.17, 15) is 14.4 Å². The number of nitrogens with two attached hydrogens (primary N) is 1. The van der Waals surface area contributed by atoms with Crippen molar-refractivity contribution in [3.63, 3.8) is 0 Å². The van der Waals surface area contributed by atoms with Crippen molar-refractivity contribution in [1.82, 2.24) is 0 Å². The molecule has 0 aromatic rings. The van der Waals surface area contributed by atoms with Gasteiger partial charge in [-0.3, -0.25) is 14.4 Å². The molecule has 21 heavy (non-hydrogen) atoms. The van der Waals surface area contributed by atoms with Crippen LogP contribution in [-0.4, -0.2) is 132 Å². The molecule has 1 atom stereocenters. The molecule has 0 spiro atoms. The summed E-state index contributed by atoms with van der Waals surface area (Å²) >= 11 is 0. The molecule has 0 saturated carbocycles. The summed E-state index contributed by atoms with van der Waals surface area (Å²) in [7, 11) is 0. The molecule has 0 amide bonds. The first-order chi connectivity index (χ1) is 8.97. The van der Waals surface area contributed by atoms with Gasteiger partial charge in [0.05, 0.1) is 0 Å². The van der Waals surface area contributed by atoms with Gasteiger partial charge >= 0.3 is 121 Å². The second-order valence-electron chi connectivity index (χ2n) is 4.49. The van der Waals surface area contributed by atoms with Crippen molar-refractivity contribution >= 4 is 121 Å². The normalized spacial score (nSPS) is 10.8. The third kappa shape index (κ3) is 18.0. The number of carboxylic acids is 1. The SMILES string of the molecule is CCCCCCCC(=O)OC(=O)CC[C@H](N)C(=O)O.[KH].[KH]. The Morgan fingerprint density at radius 2 is 1.52 bits per heavy atom. The van der Waals surface area contributed by atoms with E-state index in [-0.39, 0.29) is 122 Å². The summed E-state index contributed by atoms with van der Waals surface area (Å²) in [5.74, 6) is -2.43. The molecule has 114 valence electrons. The molecule has 0 aliphatic rings. The van der Waals surface area contributed by atoms with E-state index in [0.29, 0.717) is 6.42 Å². The molecular weight excluding hydrogens is 328 g/mol. The van der Waals surface area contributed by atoms with Crippen LogP contribution in [-0.2, 0) is 19.1 Å². The number of hydrogen-bond acceptors (Lipinski definition) is 5. The van der Waals surface area contributed by atoms with Crippen LogP contribution in [0.5, 0.6) is 0 Å². The molecule has 0 bridgehead atoms. The molecule has 0 aliphatic heterocycles. The van der Waals surface area contributed by atoms with Gasteiger partial charge in [-0.05, 0) is 12.8 Å². The summed E-state index contributed by atoms with van der Waals surface area (Å²) in [5.41, 5.74) is 5.23. The number of esters is 2. The van der Waals surface area contributed by atoms with Gasteiger partial charge in [-0.15, -0.1) is 0 Å². The van der Waals surface area contributed by atoms with Gasteiger partial charge in [-0.2, -0.15) is 0 Å². The third-order valence-corrected chi connectivity index (χ3v) is 2.69. The number of carboxylic acid groups (broad SMARTS) is 1. The molecule has 0 radical (unpaired) electrons. The summed E-state index contributed by atoms with van der Waals surface area (Å²) < 4.78 is 4.56. The second-order valence-corrected chi connectivity index (χ2v) is 4.49. The Labute approximate surface area is 211 Å². The minimum atomic E-state index is -1.17. The molecular formula is C13H25K2NO5. The molecule has 0 heterocycles. The van der Waals surface area contributed by atoms with Crippen molar-refractivity contribution in [3.8, 4) is 0 Å². The van der Waals surface area contributed by atoms with E-state index in [0.717, 1.165) is 25.7 Å². The topological polar surface area (TPSA) is 107 Å². The van der Waals surface area contributed by atoms with Crippen LogP contribution in [0.25, 0.3) is 0 Å². The quantitative estimate of drug-likeness (QED) is 0.253. The number of ether oxygens (including phenoxy) is 1. The van der Waals surface area contributed by atoms with Gasteiger partial charge in [0.2, 0.25) is 0 Å². The zero-order valence-electron chi connectivity index (χ0n) is 11.4. The summed E-state index contributed by atoms with van der Waals surface area (Å²) in [5, 5.41) is 8.52. The number of unbranched alkanes of at least 4 members (excludes halogenated alkanes) is 4. The fourth-order valence-corrected chi connectivity index (χ4v) is 1.50. The number of rotatable bonds is 10. The van der Waals surface area contributed by atoms with Crippen molar-refractivity contribution in [2.45, 2.75) is 64.3 Å². The number of aliphatic carboxylic acids is 1. The van der Waals surface area contributed by atoms with Crippen molar-refractivity contribution in [2.75, 3.05) is 0 Å². The number of carbonyl (C=O) groups excluding carboxylic acids is 2. The third-order valence-electron chi connectivity index (χ3n) is 2.69. The average Bonchev–Trinajstić information content (AvgIpc) is 2.35. The van der Waals surface area contributed by atoms with Crippen LogP contribution in [0.3, 0.4) is 0 Å². The van der Waals surface area contributed by atoms with Gasteiger partial charge in [0.15, 0.2) is 0 Å². The molecule has 0 saturated heterocycles. The summed E-state index contributed by atoms with van der Waals surface area (Å²) in [6.45, 7) is 2.11. The van der Waals surface area contributed by atoms with Crippen LogP contribution in [0.1, 0.15) is 58.3 Å². The van der Waals surface area contributed by atoms with Gasteiger partial charge in [0.25, 0.3) is 0 Å². The van der Waals surface area contributed by atoms with Crippen LogP contribution in [0.15, 0.2) is 0 Å². The fraction of sp³-hybridized carbons (Fsp3) is 0.769. The molecule has 0 rings (SSSR count). The molecule has 3 N–H and O–H groups in total. The zero-order chi connectivity index (χ0) is 14.7. The molecule has 0 unspecified atom stereocenters. The molecule has 8 heteroatoms. The fourth-order valence-electron chi connectivity index (χ4n) is 1.50. The Kier molecular flexibility index (Phi) is 24.0. The van der Waals surface area contributed by atoms with Crippen LogP contribution in [0.2, 0.25) is 0 Å². The van der Waals surface area contributed by atoms with Crippen LogP contribution < -0.4 is 5.73 Å². The van der Waals surface area contributed by atoms with Crippen LogP contribution in [0, 0.1) is 0 Å². The first-order valence-electron chi connectivity index (χ1n) is 6.69. The maximum absolute atomic E-state index is 11.3. The minimum absolute atomic E-state index is 0. The van der Waals surface area contributed by atoms with E-state index in [1.54, 1.807) is 0 Å². The Morgan fingerprint density at radius 3 is 2.05 bits per heavy atom. The molecule has 0 fully saturated rings. The van der Waals surface area contributed by atoms with E-state index in [4.69, 9.17) is 10.8 Å². The molecule has 0 aromatic carbocycles. The Hall–Kier alpha value is 1.84. The maximum atomic E-state index is 11.3. The standard InChI is InChI=1S/C13H23NO5.2K.2H/c1-2-3-4-5-6-7-11(15)19-12(16)9-8-10(14)13(17)18;;;;/h10H,2-9,14H2,1H3,(H,17,18);;;;/t10-;;;;/m0..../s1. The van der Waals surface area contributed by atoms with Gasteiger partial charge in [-0.25, -0.2) is 0 Å². The van der Waals surface area contributed by atoms with Gasteiger partial charge in [0, 0.05) is 12.8 Å². The van der Waals surface area contributed by atoms with E-state index >= 15 is 0 Å². The number of hydrogen-bond donors (Lipinski definition) is 2. The first kappa shape index (κ1) is 27.7. The molecule has 0 aliphatic carbocycles. The van der Waals surface area contributed by atoms with Crippen LogP contribution >= 0.6 is 0 Å². The molecule has 6 nitrogen and oxygen atoms in total. The first-order valence-corrected chi connectivity index (χ1v) is 6.69. The zero-order valence-corrected chi connectivity index (χ0v) is 11.4. The van der Waals surface area contributed by atoms with E-state index in [1.807, 2.05) is 0 Å². The predicted molar refractivity (Wildman–Crippen MR) is 83.6 cm³/mol. The summed E-state index contributed by atoms with van der Waals surface area (Å²) in [4.78, 5) is 32.9. The Balaban J connectivity index is -0.00000162. The molecule has 0 aromatic heterocycles. The van der Waals surface area contributed by atoms with Crippen molar-refractivity contribution in [2.24, 2.45) is 5.73 Å². The Morgan fingerprint density at radius 1 is 1.00 bits per heavy atom. The van der Waals surface area contributed by atoms with Crippen LogP contribution in [0.4, 0.5) is 0 Å². The van der Waals surface area contributed by atoms with E-state index in [2.05, 4.69) is 11.7 Å². The van der Waals surface area contributed by atoms with E-state index in [1.165, 1.54) is 0 Å².